The highest BCUT2D eigenvalue weighted by atomic mass is 127. The predicted molar refractivity (Wildman–Crippen MR) is 111 cm³/mol. The highest BCUT2D eigenvalue weighted by Crippen LogP contribution is 2.27. The van der Waals surface area contributed by atoms with Gasteiger partial charge in [0.2, 0.25) is 0 Å². The Balaban J connectivity index is 0.00000312. The van der Waals surface area contributed by atoms with Crippen molar-refractivity contribution in [3.8, 4) is 11.5 Å². The minimum absolute atomic E-state index is 0. The number of rotatable bonds is 6. The Hall–Kier alpha value is -1.55. The third-order valence-corrected chi connectivity index (χ3v) is 3.98. The molecule has 0 amide bonds. The Morgan fingerprint density at radius 1 is 1.12 bits per heavy atom. The van der Waals surface area contributed by atoms with E-state index in [0.717, 1.165) is 11.1 Å². The maximum Gasteiger partial charge on any atom is 0.189 e. The van der Waals surface area contributed by atoms with Crippen LogP contribution in [-0.4, -0.2) is 20.2 Å². The van der Waals surface area contributed by atoms with Crippen LogP contribution < -0.4 is 20.5 Å². The number of hydrogen-bond donors (Lipinski definition) is 2. The summed E-state index contributed by atoms with van der Waals surface area (Å²) in [5.74, 6) is 1.28. The molecule has 0 spiro atoms. The Bertz CT molecular complexity index is 744. The molecule has 2 aromatic rings. The molecule has 0 aromatic heterocycles. The molecular weight excluding hydrogens is 504 g/mol. The number of guanidine groups is 1. The van der Waals surface area contributed by atoms with Crippen LogP contribution in [0.15, 0.2) is 45.9 Å². The normalized spacial score (nSPS) is 10.8. The number of nitrogens with one attached hydrogen (secondary N) is 1. The summed E-state index contributed by atoms with van der Waals surface area (Å²) in [6.45, 7) is 0.791. The van der Waals surface area contributed by atoms with Crippen LogP contribution in [0.5, 0.6) is 11.5 Å². The van der Waals surface area contributed by atoms with Crippen molar-refractivity contribution in [1.29, 1.82) is 0 Å². The van der Waals surface area contributed by atoms with Gasteiger partial charge in [-0.1, -0.05) is 12.1 Å². The van der Waals surface area contributed by atoms with Gasteiger partial charge >= 0.3 is 0 Å². The second kappa shape index (κ2) is 10.4. The first-order chi connectivity index (χ1) is 11.5. The molecule has 2 aromatic carbocycles. The van der Waals surface area contributed by atoms with E-state index in [1.54, 1.807) is 26.4 Å². The van der Waals surface area contributed by atoms with Crippen molar-refractivity contribution in [3.05, 3.63) is 57.8 Å². The summed E-state index contributed by atoms with van der Waals surface area (Å²) in [6, 6.07) is 10.5. The molecule has 0 aliphatic carbocycles. The molecule has 3 N–H and O–H groups in total. The third kappa shape index (κ3) is 6.35. The lowest BCUT2D eigenvalue weighted by molar-refractivity contribution is 0.354. The average molecular weight is 524 g/mol. The Morgan fingerprint density at radius 2 is 1.80 bits per heavy atom. The first-order valence-electron chi connectivity index (χ1n) is 7.22. The highest BCUT2D eigenvalue weighted by Gasteiger charge is 2.05. The number of benzene rings is 2. The van der Waals surface area contributed by atoms with E-state index >= 15 is 0 Å². The number of nitrogens with zero attached hydrogens (tertiary/aromatic N) is 1. The van der Waals surface area contributed by atoms with E-state index < -0.39 is 0 Å². The molecule has 136 valence electrons. The van der Waals surface area contributed by atoms with Crippen molar-refractivity contribution in [2.45, 2.75) is 13.1 Å². The second-order valence-corrected chi connectivity index (χ2v) is 5.85. The van der Waals surface area contributed by atoms with Crippen LogP contribution in [0.1, 0.15) is 11.1 Å². The average Bonchev–Trinajstić information content (AvgIpc) is 2.60. The molecular formula is C17H20BrFIN3O2. The summed E-state index contributed by atoms with van der Waals surface area (Å²) in [5.41, 5.74) is 7.56. The maximum absolute atomic E-state index is 13.4. The van der Waals surface area contributed by atoms with Gasteiger partial charge in [0.25, 0.3) is 0 Å². The molecule has 0 fully saturated rings. The van der Waals surface area contributed by atoms with Gasteiger partial charge in [-0.05, 0) is 51.3 Å². The van der Waals surface area contributed by atoms with Crippen molar-refractivity contribution in [1.82, 2.24) is 5.32 Å². The summed E-state index contributed by atoms with van der Waals surface area (Å²) < 4.78 is 24.3. The lowest BCUT2D eigenvalue weighted by atomic mass is 10.2. The first kappa shape index (κ1) is 21.5. The molecule has 0 atom stereocenters. The standard InChI is InChI=1S/C17H19BrFN3O2.HI/c1-23-15-6-4-12(8-16(15)24-2)10-22-17(20)21-9-11-3-5-13(18)14(19)7-11;/h3-8H,9-10H2,1-2H3,(H3,20,21,22);1H. The molecule has 5 nitrogen and oxygen atoms in total. The summed E-state index contributed by atoms with van der Waals surface area (Å²) in [7, 11) is 3.17. The minimum Gasteiger partial charge on any atom is -0.493 e. The molecule has 0 unspecified atom stereocenters. The molecule has 0 heterocycles. The molecule has 2 rings (SSSR count). The number of ether oxygens (including phenoxy) is 2. The first-order valence-corrected chi connectivity index (χ1v) is 8.01. The molecule has 0 saturated heterocycles. The summed E-state index contributed by atoms with van der Waals surface area (Å²) in [4.78, 5) is 4.20. The van der Waals surface area contributed by atoms with Gasteiger partial charge in [-0.15, -0.1) is 24.0 Å². The molecule has 0 radical (unpaired) electrons. The lowest BCUT2D eigenvalue weighted by Crippen LogP contribution is -2.31. The van der Waals surface area contributed by atoms with Crippen molar-refractivity contribution < 1.29 is 13.9 Å². The largest absolute Gasteiger partial charge is 0.493 e. The minimum atomic E-state index is -0.320. The lowest BCUT2D eigenvalue weighted by Gasteiger charge is -2.10. The van der Waals surface area contributed by atoms with Crippen LogP contribution in [-0.2, 0) is 13.1 Å². The van der Waals surface area contributed by atoms with Crippen molar-refractivity contribution in [2.24, 2.45) is 10.7 Å². The zero-order valence-corrected chi connectivity index (χ0v) is 17.8. The summed E-state index contributed by atoms with van der Waals surface area (Å²) in [5, 5.41) is 3.01. The second-order valence-electron chi connectivity index (χ2n) is 4.99. The fourth-order valence-electron chi connectivity index (χ4n) is 2.05. The van der Waals surface area contributed by atoms with Gasteiger partial charge in [-0.2, -0.15) is 0 Å². The van der Waals surface area contributed by atoms with Gasteiger partial charge in [0, 0.05) is 6.54 Å². The van der Waals surface area contributed by atoms with Crippen LogP contribution in [0.2, 0.25) is 0 Å². The fourth-order valence-corrected chi connectivity index (χ4v) is 2.30. The van der Waals surface area contributed by atoms with Crippen molar-refractivity contribution in [2.75, 3.05) is 14.2 Å². The summed E-state index contributed by atoms with van der Waals surface area (Å²) in [6.07, 6.45) is 0. The van der Waals surface area contributed by atoms with Crippen LogP contribution in [0.3, 0.4) is 0 Å². The Labute approximate surface area is 172 Å². The zero-order valence-electron chi connectivity index (χ0n) is 13.9. The summed E-state index contributed by atoms with van der Waals surface area (Å²) >= 11 is 3.12. The number of halogens is 3. The van der Waals surface area contributed by atoms with Gasteiger partial charge in [0.15, 0.2) is 17.5 Å². The van der Waals surface area contributed by atoms with E-state index in [1.807, 2.05) is 18.2 Å². The maximum atomic E-state index is 13.4. The molecule has 0 bridgehead atoms. The number of methoxy groups -OCH3 is 2. The van der Waals surface area contributed by atoms with Crippen LogP contribution in [0.25, 0.3) is 0 Å². The van der Waals surface area contributed by atoms with E-state index in [0.29, 0.717) is 29.1 Å². The fraction of sp³-hybridized carbons (Fsp3) is 0.235. The van der Waals surface area contributed by atoms with E-state index in [9.17, 15) is 4.39 Å². The molecule has 25 heavy (non-hydrogen) atoms. The van der Waals surface area contributed by atoms with E-state index in [-0.39, 0.29) is 35.8 Å². The zero-order chi connectivity index (χ0) is 17.5. The molecule has 0 aliphatic heterocycles. The quantitative estimate of drug-likeness (QED) is 0.343. The van der Waals surface area contributed by atoms with Gasteiger partial charge in [0.05, 0.1) is 25.2 Å². The van der Waals surface area contributed by atoms with Crippen LogP contribution >= 0.6 is 39.9 Å². The number of nitrogens with two attached hydrogens (primary N) is 1. The number of hydrogen-bond acceptors (Lipinski definition) is 3. The predicted octanol–water partition coefficient (Wildman–Crippen LogP) is 3.83. The van der Waals surface area contributed by atoms with Gasteiger partial charge in [-0.25, -0.2) is 9.38 Å². The van der Waals surface area contributed by atoms with E-state index in [4.69, 9.17) is 15.2 Å². The van der Waals surface area contributed by atoms with Crippen LogP contribution in [0.4, 0.5) is 4.39 Å². The van der Waals surface area contributed by atoms with Gasteiger partial charge in [0.1, 0.15) is 5.82 Å². The van der Waals surface area contributed by atoms with Gasteiger partial charge in [-0.3, -0.25) is 0 Å². The topological polar surface area (TPSA) is 68.9 Å². The Kier molecular flexibility index (Phi) is 8.98. The third-order valence-electron chi connectivity index (χ3n) is 3.34. The Morgan fingerprint density at radius 3 is 2.44 bits per heavy atom. The van der Waals surface area contributed by atoms with Crippen LogP contribution in [0, 0.1) is 5.82 Å². The number of aliphatic imine (C=N–C) groups is 1. The van der Waals surface area contributed by atoms with Gasteiger partial charge < -0.3 is 20.5 Å². The smallest absolute Gasteiger partial charge is 0.189 e. The monoisotopic (exact) mass is 523 g/mol. The van der Waals surface area contributed by atoms with Crippen molar-refractivity contribution in [3.63, 3.8) is 0 Å². The van der Waals surface area contributed by atoms with Crippen molar-refractivity contribution >= 4 is 45.9 Å². The molecule has 8 heteroatoms. The highest BCUT2D eigenvalue weighted by molar-refractivity contribution is 14.0. The SMILES string of the molecule is COc1ccc(CNC(N)=NCc2ccc(Br)c(F)c2)cc1OC.I. The molecule has 0 saturated carbocycles. The molecule has 0 aliphatic rings. The van der Waals surface area contributed by atoms with E-state index in [2.05, 4.69) is 26.2 Å². The van der Waals surface area contributed by atoms with E-state index in [1.165, 1.54) is 6.07 Å².